The zero-order valence-corrected chi connectivity index (χ0v) is 18.3. The number of primary amides is 1. The number of nitrogens with zero attached hydrogens (tertiary/aromatic N) is 2. The molecule has 0 spiro atoms. The average Bonchev–Trinajstić information content (AvgIpc) is 3.35. The lowest BCUT2D eigenvalue weighted by atomic mass is 9.88. The van der Waals surface area contributed by atoms with Gasteiger partial charge in [-0.3, -0.25) is 19.3 Å². The second kappa shape index (κ2) is 9.03. The molecule has 3 heterocycles. The maximum atomic E-state index is 12.7. The zero-order valence-electron chi connectivity index (χ0n) is 17.4. The summed E-state index contributed by atoms with van der Waals surface area (Å²) in [6.45, 7) is 5.59. The van der Waals surface area contributed by atoms with Gasteiger partial charge in [0.2, 0.25) is 5.91 Å². The van der Waals surface area contributed by atoms with E-state index in [1.807, 2.05) is 9.80 Å². The molecule has 9 heteroatoms. The molecule has 0 bridgehead atoms. The minimum Gasteiger partial charge on any atom is -0.368 e. The molecule has 164 valence electrons. The van der Waals surface area contributed by atoms with Gasteiger partial charge in [0.15, 0.2) is 0 Å². The van der Waals surface area contributed by atoms with Crippen molar-refractivity contribution in [2.75, 3.05) is 44.6 Å². The molecule has 1 aromatic heterocycles. The predicted octanol–water partition coefficient (Wildman–Crippen LogP) is 1.23. The third kappa shape index (κ3) is 4.53. The highest BCUT2D eigenvalue weighted by atomic mass is 32.1. The van der Waals surface area contributed by atoms with Crippen molar-refractivity contribution < 1.29 is 19.1 Å². The zero-order chi connectivity index (χ0) is 21.3. The number of hydrogen-bond donors (Lipinski definition) is 2. The van der Waals surface area contributed by atoms with Gasteiger partial charge < -0.3 is 20.7 Å². The van der Waals surface area contributed by atoms with Crippen molar-refractivity contribution in [3.05, 3.63) is 16.0 Å². The number of rotatable bonds is 5. The van der Waals surface area contributed by atoms with Crippen LogP contribution in [0.15, 0.2) is 0 Å². The third-order valence-electron chi connectivity index (χ3n) is 6.27. The van der Waals surface area contributed by atoms with Gasteiger partial charge in [-0.2, -0.15) is 0 Å². The summed E-state index contributed by atoms with van der Waals surface area (Å²) in [6.07, 6.45) is 4.24. The summed E-state index contributed by atoms with van der Waals surface area (Å²) in [5, 5.41) is 3.51. The van der Waals surface area contributed by atoms with Gasteiger partial charge in [-0.25, -0.2) is 0 Å². The first kappa shape index (κ1) is 21.3. The Balaban J connectivity index is 1.32. The van der Waals surface area contributed by atoms with E-state index >= 15 is 0 Å². The summed E-state index contributed by atoms with van der Waals surface area (Å²) in [4.78, 5) is 42.2. The van der Waals surface area contributed by atoms with Crippen molar-refractivity contribution in [3.8, 4) is 0 Å². The number of amides is 3. The maximum Gasteiger partial charge on any atom is 0.251 e. The quantitative estimate of drug-likeness (QED) is 0.725. The number of anilines is 1. The number of carbonyl (C=O) groups is 3. The maximum absolute atomic E-state index is 12.7. The van der Waals surface area contributed by atoms with Gasteiger partial charge in [-0.15, -0.1) is 11.3 Å². The molecule has 3 aliphatic rings. The Kier molecular flexibility index (Phi) is 6.40. The summed E-state index contributed by atoms with van der Waals surface area (Å²) in [5.41, 5.74) is 7.14. The van der Waals surface area contributed by atoms with Crippen LogP contribution in [0.25, 0.3) is 0 Å². The van der Waals surface area contributed by atoms with E-state index in [0.29, 0.717) is 49.3 Å². The number of thiophene rings is 1. The average molecular weight is 435 g/mol. The molecule has 1 aromatic rings. The Morgan fingerprint density at radius 2 is 1.97 bits per heavy atom. The molecule has 0 aromatic carbocycles. The first-order valence-corrected chi connectivity index (χ1v) is 11.6. The number of ether oxygens (including phenoxy) is 1. The second-order valence-electron chi connectivity index (χ2n) is 8.57. The van der Waals surface area contributed by atoms with Gasteiger partial charge in [0.25, 0.3) is 11.8 Å². The standard InChI is InChI=1S/C21H30N4O4S/c1-13-4-5-14-16(11-13)30-20(18(14)19(22)27)23-17(26)12-24-6-8-25(9-7-24)21(28)15-3-2-10-29-15/h13,15H,2-12H2,1H3,(H2,22,27)(H,23,26)/t13-,15+/m1/s1. The van der Waals surface area contributed by atoms with Gasteiger partial charge >= 0.3 is 0 Å². The molecule has 0 unspecified atom stereocenters. The smallest absolute Gasteiger partial charge is 0.251 e. The van der Waals surface area contributed by atoms with Gasteiger partial charge in [0.05, 0.1) is 12.1 Å². The number of carbonyl (C=O) groups excluding carboxylic acids is 3. The second-order valence-corrected chi connectivity index (χ2v) is 9.68. The van der Waals surface area contributed by atoms with Crippen molar-refractivity contribution >= 4 is 34.1 Å². The molecule has 3 N–H and O–H groups in total. The fourth-order valence-corrected chi connectivity index (χ4v) is 6.00. The summed E-state index contributed by atoms with van der Waals surface area (Å²) < 4.78 is 5.49. The van der Waals surface area contributed by atoms with Gasteiger partial charge in [-0.1, -0.05) is 6.92 Å². The highest BCUT2D eigenvalue weighted by Crippen LogP contribution is 2.39. The van der Waals surface area contributed by atoms with E-state index in [1.165, 1.54) is 16.2 Å². The Labute approximate surface area is 180 Å². The highest BCUT2D eigenvalue weighted by Gasteiger charge is 2.31. The van der Waals surface area contributed by atoms with Gasteiger partial charge in [0.1, 0.15) is 11.1 Å². The number of fused-ring (bicyclic) bond motifs is 1. The first-order valence-electron chi connectivity index (χ1n) is 10.8. The normalized spacial score (nSPS) is 24.5. The van der Waals surface area contributed by atoms with E-state index in [2.05, 4.69) is 12.2 Å². The minimum absolute atomic E-state index is 0.0705. The fourth-order valence-electron chi connectivity index (χ4n) is 4.57. The lowest BCUT2D eigenvalue weighted by Crippen LogP contribution is -2.52. The van der Waals surface area contributed by atoms with Crippen LogP contribution in [-0.4, -0.2) is 73.0 Å². The lowest BCUT2D eigenvalue weighted by molar-refractivity contribution is -0.142. The molecule has 1 aliphatic carbocycles. The van der Waals surface area contributed by atoms with E-state index in [1.54, 1.807) is 0 Å². The molecule has 8 nitrogen and oxygen atoms in total. The SMILES string of the molecule is C[C@@H]1CCc2c(sc(NC(=O)CN3CCN(C(=O)[C@@H]4CCCO4)CC3)c2C(N)=O)C1. The van der Waals surface area contributed by atoms with Crippen molar-refractivity contribution in [1.82, 2.24) is 9.80 Å². The van der Waals surface area contributed by atoms with Crippen molar-refractivity contribution in [1.29, 1.82) is 0 Å². The fraction of sp³-hybridized carbons (Fsp3) is 0.667. The van der Waals surface area contributed by atoms with Crippen LogP contribution in [0.4, 0.5) is 5.00 Å². The van der Waals surface area contributed by atoms with Crippen LogP contribution >= 0.6 is 11.3 Å². The lowest BCUT2D eigenvalue weighted by Gasteiger charge is -2.35. The topological polar surface area (TPSA) is 105 Å². The van der Waals surface area contributed by atoms with Crippen molar-refractivity contribution in [3.63, 3.8) is 0 Å². The summed E-state index contributed by atoms with van der Waals surface area (Å²) >= 11 is 1.48. The van der Waals surface area contributed by atoms with Crippen molar-refractivity contribution in [2.24, 2.45) is 11.7 Å². The highest BCUT2D eigenvalue weighted by molar-refractivity contribution is 7.17. The summed E-state index contributed by atoms with van der Waals surface area (Å²) in [7, 11) is 0. The van der Waals surface area contributed by atoms with Crippen LogP contribution < -0.4 is 11.1 Å². The number of hydrogen-bond acceptors (Lipinski definition) is 6. The summed E-state index contributed by atoms with van der Waals surface area (Å²) in [5.74, 6) is 0.0248. The predicted molar refractivity (Wildman–Crippen MR) is 115 cm³/mol. The monoisotopic (exact) mass is 434 g/mol. The third-order valence-corrected chi connectivity index (χ3v) is 7.44. The van der Waals surface area contributed by atoms with Crippen LogP contribution in [0.2, 0.25) is 0 Å². The van der Waals surface area contributed by atoms with Crippen LogP contribution in [-0.2, 0) is 27.2 Å². The van der Waals surface area contributed by atoms with Crippen LogP contribution in [0, 0.1) is 5.92 Å². The van der Waals surface area contributed by atoms with E-state index in [-0.39, 0.29) is 24.5 Å². The molecule has 2 fully saturated rings. The number of nitrogens with one attached hydrogen (secondary N) is 1. The first-order chi connectivity index (χ1) is 14.4. The Morgan fingerprint density at radius 3 is 2.63 bits per heavy atom. The Hall–Kier alpha value is -1.97. The molecule has 2 saturated heterocycles. The molecule has 0 saturated carbocycles. The van der Waals surface area contributed by atoms with E-state index < -0.39 is 5.91 Å². The van der Waals surface area contributed by atoms with Crippen molar-refractivity contribution in [2.45, 2.75) is 45.1 Å². The molecule has 2 atom stereocenters. The molecule has 3 amide bonds. The van der Waals surface area contributed by atoms with Crippen LogP contribution in [0.3, 0.4) is 0 Å². The molecule has 4 rings (SSSR count). The van der Waals surface area contributed by atoms with Gasteiger partial charge in [-0.05, 0) is 43.6 Å². The Morgan fingerprint density at radius 1 is 1.20 bits per heavy atom. The van der Waals surface area contributed by atoms with E-state index in [4.69, 9.17) is 10.5 Å². The molecular weight excluding hydrogens is 404 g/mol. The Bertz CT molecular complexity index is 825. The van der Waals surface area contributed by atoms with E-state index in [0.717, 1.165) is 37.7 Å². The molecule has 2 aliphatic heterocycles. The molecule has 0 radical (unpaired) electrons. The molecular formula is C21H30N4O4S. The number of piperazine rings is 1. The molecule has 30 heavy (non-hydrogen) atoms. The van der Waals surface area contributed by atoms with E-state index in [9.17, 15) is 14.4 Å². The van der Waals surface area contributed by atoms with Gasteiger partial charge in [0, 0.05) is 37.7 Å². The largest absolute Gasteiger partial charge is 0.368 e. The van der Waals surface area contributed by atoms with Crippen LogP contribution in [0.5, 0.6) is 0 Å². The number of nitrogens with two attached hydrogens (primary N) is 1. The minimum atomic E-state index is -0.474. The summed E-state index contributed by atoms with van der Waals surface area (Å²) in [6, 6.07) is 0. The van der Waals surface area contributed by atoms with Crippen LogP contribution in [0.1, 0.15) is 47.0 Å².